The van der Waals surface area contributed by atoms with Crippen molar-refractivity contribution in [1.82, 2.24) is 0 Å². The largest absolute Gasteiger partial charge is 0.289 e. The van der Waals surface area contributed by atoms with Crippen LogP contribution in [0, 0.1) is 11.6 Å². The van der Waals surface area contributed by atoms with Crippen molar-refractivity contribution >= 4 is 28.2 Å². The fourth-order valence-corrected chi connectivity index (χ4v) is 2.43. The number of hydrogen-bond acceptors (Lipinski definition) is 1. The Morgan fingerprint density at radius 3 is 2.24 bits per heavy atom. The van der Waals surface area contributed by atoms with E-state index in [1.165, 1.54) is 24.3 Å². The second-order valence-corrected chi connectivity index (χ2v) is 5.01. The minimum atomic E-state index is -0.586. The highest BCUT2D eigenvalue weighted by Crippen LogP contribution is 2.25. The Morgan fingerprint density at radius 1 is 0.857 bits per heavy atom. The van der Waals surface area contributed by atoms with Crippen molar-refractivity contribution in [3.63, 3.8) is 0 Å². The van der Waals surface area contributed by atoms with Crippen LogP contribution in [0.5, 0.6) is 0 Å². The van der Waals surface area contributed by atoms with Gasteiger partial charge in [0.1, 0.15) is 11.6 Å². The Kier molecular flexibility index (Phi) is 3.43. The minimum absolute atomic E-state index is 0.118. The molecule has 0 aliphatic heterocycles. The van der Waals surface area contributed by atoms with Crippen LogP contribution in [-0.2, 0) is 0 Å². The third-order valence-electron chi connectivity index (χ3n) is 3.30. The van der Waals surface area contributed by atoms with Gasteiger partial charge >= 0.3 is 0 Å². The summed E-state index contributed by atoms with van der Waals surface area (Å²) in [6.45, 7) is 0. The zero-order valence-electron chi connectivity index (χ0n) is 10.7. The molecule has 3 aromatic rings. The molecule has 1 nitrogen and oxygen atoms in total. The fourth-order valence-electron chi connectivity index (χ4n) is 2.25. The molecule has 0 amide bonds. The number of ketones is 1. The third-order valence-corrected chi connectivity index (χ3v) is 3.59. The zero-order chi connectivity index (χ0) is 15.0. The second kappa shape index (κ2) is 5.26. The van der Waals surface area contributed by atoms with Crippen LogP contribution in [0.1, 0.15) is 15.9 Å². The minimum Gasteiger partial charge on any atom is -0.289 e. The lowest BCUT2D eigenvalue weighted by Crippen LogP contribution is -2.03. The van der Waals surface area contributed by atoms with Gasteiger partial charge in [-0.3, -0.25) is 4.79 Å². The molecule has 0 saturated carbocycles. The molecule has 0 spiro atoms. The maximum Gasteiger partial charge on any atom is 0.193 e. The van der Waals surface area contributed by atoms with E-state index in [1.807, 2.05) is 0 Å². The first-order valence-corrected chi connectivity index (χ1v) is 6.63. The second-order valence-electron chi connectivity index (χ2n) is 4.60. The molecule has 0 saturated heterocycles. The number of benzene rings is 3. The molecule has 0 bridgehead atoms. The van der Waals surface area contributed by atoms with E-state index in [0.717, 1.165) is 6.07 Å². The van der Waals surface area contributed by atoms with Gasteiger partial charge in [-0.1, -0.05) is 35.9 Å². The fraction of sp³-hybridized carbons (Fsp3) is 0. The van der Waals surface area contributed by atoms with E-state index in [1.54, 1.807) is 24.3 Å². The molecule has 0 fully saturated rings. The molecule has 104 valence electrons. The van der Waals surface area contributed by atoms with Crippen LogP contribution in [0.25, 0.3) is 10.8 Å². The Bertz CT molecular complexity index is 859. The van der Waals surface area contributed by atoms with E-state index in [0.29, 0.717) is 16.3 Å². The van der Waals surface area contributed by atoms with E-state index in [2.05, 4.69) is 0 Å². The number of rotatable bonds is 2. The van der Waals surface area contributed by atoms with Gasteiger partial charge in [0.15, 0.2) is 5.78 Å². The average Bonchev–Trinajstić information content (AvgIpc) is 2.50. The van der Waals surface area contributed by atoms with Crippen molar-refractivity contribution in [3.8, 4) is 0 Å². The van der Waals surface area contributed by atoms with Crippen molar-refractivity contribution in [2.75, 3.05) is 0 Å². The molecule has 0 aromatic heterocycles. The summed E-state index contributed by atoms with van der Waals surface area (Å²) in [6.07, 6.45) is 0. The van der Waals surface area contributed by atoms with Gasteiger partial charge in [0.05, 0.1) is 5.02 Å². The molecular formula is C17H9ClF2O. The van der Waals surface area contributed by atoms with Gasteiger partial charge in [-0.25, -0.2) is 8.78 Å². The van der Waals surface area contributed by atoms with Gasteiger partial charge < -0.3 is 0 Å². The van der Waals surface area contributed by atoms with Crippen molar-refractivity contribution in [2.45, 2.75) is 0 Å². The molecule has 4 heteroatoms. The van der Waals surface area contributed by atoms with Gasteiger partial charge in [0.25, 0.3) is 0 Å². The standard InChI is InChI=1S/C17H9ClF2O/c18-14-9-10(5-7-16(14)20)17(21)13-6-8-15(19)12-4-2-1-3-11(12)13/h1-9H. The van der Waals surface area contributed by atoms with E-state index >= 15 is 0 Å². The number of carbonyl (C=O) groups is 1. The predicted molar refractivity (Wildman–Crippen MR) is 78.7 cm³/mol. The van der Waals surface area contributed by atoms with Gasteiger partial charge in [-0.2, -0.15) is 0 Å². The monoisotopic (exact) mass is 302 g/mol. The first-order chi connectivity index (χ1) is 10.1. The summed E-state index contributed by atoms with van der Waals surface area (Å²) in [4.78, 5) is 12.5. The van der Waals surface area contributed by atoms with Crippen LogP contribution in [0.2, 0.25) is 5.02 Å². The zero-order valence-corrected chi connectivity index (χ0v) is 11.5. The van der Waals surface area contributed by atoms with Gasteiger partial charge in [0.2, 0.25) is 0 Å². The lowest BCUT2D eigenvalue weighted by atomic mass is 9.97. The molecule has 0 unspecified atom stereocenters. The lowest BCUT2D eigenvalue weighted by Gasteiger charge is -2.07. The summed E-state index contributed by atoms with van der Waals surface area (Å²) in [5.74, 6) is -1.30. The number of fused-ring (bicyclic) bond motifs is 1. The van der Waals surface area contributed by atoms with Crippen LogP contribution in [-0.4, -0.2) is 5.78 Å². The Balaban J connectivity index is 2.18. The van der Waals surface area contributed by atoms with Crippen molar-refractivity contribution in [3.05, 3.63) is 82.4 Å². The van der Waals surface area contributed by atoms with E-state index in [9.17, 15) is 13.6 Å². The molecule has 0 aliphatic rings. The topological polar surface area (TPSA) is 17.1 Å². The maximum atomic E-state index is 13.8. The van der Waals surface area contributed by atoms with Crippen LogP contribution in [0.3, 0.4) is 0 Å². The summed E-state index contributed by atoms with van der Waals surface area (Å²) in [5.41, 5.74) is 0.618. The molecule has 0 radical (unpaired) electrons. The maximum absolute atomic E-state index is 13.8. The summed E-state index contributed by atoms with van der Waals surface area (Å²) in [7, 11) is 0. The molecule has 3 aromatic carbocycles. The highest BCUT2D eigenvalue weighted by atomic mass is 35.5. The summed E-state index contributed by atoms with van der Waals surface area (Å²) < 4.78 is 26.9. The smallest absolute Gasteiger partial charge is 0.193 e. The van der Waals surface area contributed by atoms with E-state index in [4.69, 9.17) is 11.6 Å². The molecular weight excluding hydrogens is 294 g/mol. The Labute approximate surface area is 124 Å². The Hall–Kier alpha value is -2.26. The van der Waals surface area contributed by atoms with Crippen LogP contribution < -0.4 is 0 Å². The van der Waals surface area contributed by atoms with E-state index < -0.39 is 5.82 Å². The highest BCUT2D eigenvalue weighted by Gasteiger charge is 2.15. The first kappa shape index (κ1) is 13.7. The average molecular weight is 303 g/mol. The summed E-state index contributed by atoms with van der Waals surface area (Å²) in [5, 5.41) is 0.770. The SMILES string of the molecule is O=C(c1ccc(F)c(Cl)c1)c1ccc(F)c2ccccc12. The van der Waals surface area contributed by atoms with Crippen molar-refractivity contribution in [2.24, 2.45) is 0 Å². The summed E-state index contributed by atoms with van der Waals surface area (Å²) >= 11 is 5.70. The normalized spacial score (nSPS) is 10.8. The quantitative estimate of drug-likeness (QED) is 0.609. The molecule has 0 atom stereocenters. The van der Waals surface area contributed by atoms with Crippen LogP contribution in [0.15, 0.2) is 54.6 Å². The molecule has 0 heterocycles. The van der Waals surface area contributed by atoms with Crippen molar-refractivity contribution in [1.29, 1.82) is 0 Å². The van der Waals surface area contributed by atoms with E-state index in [-0.39, 0.29) is 22.2 Å². The van der Waals surface area contributed by atoms with Gasteiger partial charge in [0, 0.05) is 16.5 Å². The molecule has 3 rings (SSSR count). The third kappa shape index (κ3) is 2.41. The van der Waals surface area contributed by atoms with Crippen molar-refractivity contribution < 1.29 is 13.6 Å². The van der Waals surface area contributed by atoms with Gasteiger partial charge in [-0.15, -0.1) is 0 Å². The van der Waals surface area contributed by atoms with Crippen LogP contribution >= 0.6 is 11.6 Å². The summed E-state index contributed by atoms with van der Waals surface area (Å²) in [6, 6.07) is 13.2. The number of halogens is 3. The van der Waals surface area contributed by atoms with Crippen LogP contribution in [0.4, 0.5) is 8.78 Å². The predicted octanol–water partition coefficient (Wildman–Crippen LogP) is 5.00. The molecule has 21 heavy (non-hydrogen) atoms. The molecule has 0 N–H and O–H groups in total. The lowest BCUT2D eigenvalue weighted by molar-refractivity contribution is 0.104. The Morgan fingerprint density at radius 2 is 1.52 bits per heavy atom. The first-order valence-electron chi connectivity index (χ1n) is 6.25. The van der Waals surface area contributed by atoms with Gasteiger partial charge in [-0.05, 0) is 35.7 Å². The number of carbonyl (C=O) groups excluding carboxylic acids is 1. The highest BCUT2D eigenvalue weighted by molar-refractivity contribution is 6.31. The molecule has 0 aliphatic carbocycles. The number of hydrogen-bond donors (Lipinski definition) is 0.